The second-order valence-corrected chi connectivity index (χ2v) is 5.71. The monoisotopic (exact) mass is 229 g/mol. The highest BCUT2D eigenvalue weighted by molar-refractivity contribution is 5.85. The molecule has 0 aliphatic heterocycles. The molecule has 0 saturated carbocycles. The van der Waals surface area contributed by atoms with Gasteiger partial charge in [0.05, 0.1) is 0 Å². The fraction of sp³-hybridized carbons (Fsp3) is 0.400. The molecule has 0 unspecified atom stereocenters. The number of fused-ring (bicyclic) bond motifs is 1. The van der Waals surface area contributed by atoms with Gasteiger partial charge in [-0.15, -0.1) is 0 Å². The predicted molar refractivity (Wildman–Crippen MR) is 72.7 cm³/mol. The summed E-state index contributed by atoms with van der Waals surface area (Å²) < 4.78 is 1.82. The minimum Gasteiger partial charge on any atom is -0.309 e. The van der Waals surface area contributed by atoms with Crippen molar-refractivity contribution >= 4 is 10.8 Å². The Hall–Kier alpha value is -1.57. The Kier molecular flexibility index (Phi) is 2.61. The molecular weight excluding hydrogens is 210 g/mol. The van der Waals surface area contributed by atoms with Gasteiger partial charge in [-0.05, 0) is 51.6 Å². The molecule has 17 heavy (non-hydrogen) atoms. The zero-order chi connectivity index (χ0) is 12.8. The average Bonchev–Trinajstić information content (AvgIpc) is 2.21. The van der Waals surface area contributed by atoms with E-state index in [-0.39, 0.29) is 11.1 Å². The van der Waals surface area contributed by atoms with Crippen molar-refractivity contribution in [2.24, 2.45) is 0 Å². The van der Waals surface area contributed by atoms with Crippen molar-refractivity contribution in [3.8, 4) is 0 Å². The minimum absolute atomic E-state index is 0.0989. The van der Waals surface area contributed by atoms with E-state index in [9.17, 15) is 4.79 Å². The van der Waals surface area contributed by atoms with Crippen molar-refractivity contribution in [3.63, 3.8) is 0 Å². The molecule has 0 N–H and O–H groups in total. The molecule has 0 atom stereocenters. The first kappa shape index (κ1) is 11.9. The van der Waals surface area contributed by atoms with E-state index < -0.39 is 0 Å². The van der Waals surface area contributed by atoms with Crippen LogP contribution in [0.25, 0.3) is 10.8 Å². The number of hydrogen-bond donors (Lipinski definition) is 0. The molecule has 0 amide bonds. The molecule has 1 heterocycles. The quantitative estimate of drug-likeness (QED) is 0.679. The van der Waals surface area contributed by atoms with Crippen molar-refractivity contribution in [1.82, 2.24) is 4.57 Å². The minimum atomic E-state index is -0.181. The lowest BCUT2D eigenvalue weighted by Crippen LogP contribution is -2.33. The topological polar surface area (TPSA) is 22.0 Å². The van der Waals surface area contributed by atoms with Crippen LogP contribution < -0.4 is 5.56 Å². The molecule has 0 bridgehead atoms. The Morgan fingerprint density at radius 1 is 1.06 bits per heavy atom. The van der Waals surface area contributed by atoms with Crippen LogP contribution in [-0.4, -0.2) is 4.57 Å². The van der Waals surface area contributed by atoms with Crippen LogP contribution in [0.15, 0.2) is 29.2 Å². The van der Waals surface area contributed by atoms with Crippen molar-refractivity contribution < 1.29 is 0 Å². The van der Waals surface area contributed by atoms with Gasteiger partial charge in [0.15, 0.2) is 0 Å². The molecule has 2 heteroatoms. The number of aryl methyl sites for hydroxylation is 2. The molecule has 0 radical (unpaired) electrons. The molecule has 0 spiro atoms. The summed E-state index contributed by atoms with van der Waals surface area (Å²) in [6.45, 7) is 10.2. The van der Waals surface area contributed by atoms with Crippen LogP contribution >= 0.6 is 0 Å². The van der Waals surface area contributed by atoms with Gasteiger partial charge in [0.25, 0.3) is 5.56 Å². The largest absolute Gasteiger partial charge is 0.309 e. The number of pyridine rings is 1. The smallest absolute Gasteiger partial charge is 0.258 e. The summed E-state index contributed by atoms with van der Waals surface area (Å²) in [5.41, 5.74) is 2.19. The molecule has 2 rings (SSSR count). The summed E-state index contributed by atoms with van der Waals surface area (Å²) in [4.78, 5) is 12.4. The van der Waals surface area contributed by atoms with Crippen LogP contribution in [0.1, 0.15) is 31.9 Å². The summed E-state index contributed by atoms with van der Waals surface area (Å²) in [6, 6.07) is 6.07. The first-order chi connectivity index (χ1) is 7.80. The summed E-state index contributed by atoms with van der Waals surface area (Å²) in [6.07, 6.45) is 1.96. The number of rotatable bonds is 0. The predicted octanol–water partition coefficient (Wildman–Crippen LogP) is 3.37. The van der Waals surface area contributed by atoms with Gasteiger partial charge in [-0.2, -0.15) is 0 Å². The molecule has 0 saturated heterocycles. The maximum atomic E-state index is 12.4. The number of nitrogens with zero attached hydrogens (tertiary/aromatic N) is 1. The van der Waals surface area contributed by atoms with E-state index in [4.69, 9.17) is 0 Å². The van der Waals surface area contributed by atoms with Gasteiger partial charge in [-0.3, -0.25) is 4.79 Å². The molecule has 2 nitrogen and oxygen atoms in total. The lowest BCUT2D eigenvalue weighted by Gasteiger charge is -2.23. The van der Waals surface area contributed by atoms with Crippen LogP contribution in [-0.2, 0) is 5.54 Å². The zero-order valence-corrected chi connectivity index (χ0v) is 11.2. The number of aromatic nitrogens is 1. The van der Waals surface area contributed by atoms with Crippen LogP contribution in [0.3, 0.4) is 0 Å². The molecule has 2 aromatic rings. The molecule has 1 aromatic carbocycles. The molecule has 90 valence electrons. The van der Waals surface area contributed by atoms with E-state index >= 15 is 0 Å². The SMILES string of the molecule is Cc1ccc2c(C)cn(C(C)(C)C)c(=O)c2c1. The van der Waals surface area contributed by atoms with Crippen LogP contribution in [0.5, 0.6) is 0 Å². The van der Waals surface area contributed by atoms with E-state index in [0.717, 1.165) is 21.9 Å². The molecule has 0 aliphatic rings. The highest BCUT2D eigenvalue weighted by Crippen LogP contribution is 2.19. The van der Waals surface area contributed by atoms with Crippen LogP contribution in [0, 0.1) is 13.8 Å². The zero-order valence-electron chi connectivity index (χ0n) is 11.2. The Balaban J connectivity index is 2.93. The van der Waals surface area contributed by atoms with Gasteiger partial charge in [0.1, 0.15) is 0 Å². The van der Waals surface area contributed by atoms with E-state index in [0.29, 0.717) is 0 Å². The van der Waals surface area contributed by atoms with Gasteiger partial charge in [0, 0.05) is 17.1 Å². The van der Waals surface area contributed by atoms with Crippen LogP contribution in [0.4, 0.5) is 0 Å². The third-order valence-electron chi connectivity index (χ3n) is 3.09. The van der Waals surface area contributed by atoms with Crippen LogP contribution in [0.2, 0.25) is 0 Å². The second kappa shape index (κ2) is 3.73. The van der Waals surface area contributed by atoms with E-state index in [1.165, 1.54) is 0 Å². The van der Waals surface area contributed by atoms with Gasteiger partial charge in [-0.1, -0.05) is 17.7 Å². The Labute approximate surface area is 102 Å². The first-order valence-electron chi connectivity index (χ1n) is 5.94. The second-order valence-electron chi connectivity index (χ2n) is 5.71. The molecule has 1 aromatic heterocycles. The lowest BCUT2D eigenvalue weighted by atomic mass is 10.0. The van der Waals surface area contributed by atoms with Gasteiger partial charge < -0.3 is 4.57 Å². The maximum absolute atomic E-state index is 12.4. The third kappa shape index (κ3) is 1.99. The summed E-state index contributed by atoms with van der Waals surface area (Å²) >= 11 is 0. The van der Waals surface area contributed by atoms with Crippen molar-refractivity contribution in [1.29, 1.82) is 0 Å². The van der Waals surface area contributed by atoms with Gasteiger partial charge in [0.2, 0.25) is 0 Å². The third-order valence-corrected chi connectivity index (χ3v) is 3.09. The Morgan fingerprint density at radius 2 is 1.71 bits per heavy atom. The Bertz CT molecular complexity index is 630. The van der Waals surface area contributed by atoms with Gasteiger partial charge in [-0.25, -0.2) is 0 Å². The Morgan fingerprint density at radius 3 is 2.29 bits per heavy atom. The highest BCUT2D eigenvalue weighted by atomic mass is 16.1. The summed E-state index contributed by atoms with van der Waals surface area (Å²) in [7, 11) is 0. The number of benzene rings is 1. The average molecular weight is 229 g/mol. The van der Waals surface area contributed by atoms with Gasteiger partial charge >= 0.3 is 0 Å². The fourth-order valence-corrected chi connectivity index (χ4v) is 2.13. The summed E-state index contributed by atoms with van der Waals surface area (Å²) in [5.74, 6) is 0. The van der Waals surface area contributed by atoms with E-state index in [1.807, 2.05) is 29.8 Å². The van der Waals surface area contributed by atoms with Crippen molar-refractivity contribution in [2.45, 2.75) is 40.2 Å². The normalized spacial score (nSPS) is 12.1. The summed E-state index contributed by atoms with van der Waals surface area (Å²) in [5, 5.41) is 1.88. The fourth-order valence-electron chi connectivity index (χ4n) is 2.13. The molecule has 0 aliphatic carbocycles. The standard InChI is InChI=1S/C15H19NO/c1-10-6-7-12-11(2)9-16(15(3,4)5)14(17)13(12)8-10/h6-9H,1-5H3. The number of hydrogen-bond acceptors (Lipinski definition) is 1. The first-order valence-corrected chi connectivity index (χ1v) is 5.94. The molecular formula is C15H19NO. The lowest BCUT2D eigenvalue weighted by molar-refractivity contribution is 0.385. The van der Waals surface area contributed by atoms with E-state index in [1.54, 1.807) is 0 Å². The van der Waals surface area contributed by atoms with Crippen molar-refractivity contribution in [3.05, 3.63) is 45.9 Å². The molecule has 0 fully saturated rings. The highest BCUT2D eigenvalue weighted by Gasteiger charge is 2.16. The van der Waals surface area contributed by atoms with E-state index in [2.05, 4.69) is 33.8 Å². The maximum Gasteiger partial charge on any atom is 0.258 e. The van der Waals surface area contributed by atoms with Crippen molar-refractivity contribution in [2.75, 3.05) is 0 Å².